The van der Waals surface area contributed by atoms with E-state index in [2.05, 4.69) is 5.32 Å². The maximum absolute atomic E-state index is 14.0. The van der Waals surface area contributed by atoms with Crippen LogP contribution in [0.15, 0.2) is 77.7 Å². The molecule has 3 aromatic rings. The minimum atomic E-state index is -4.16. The van der Waals surface area contributed by atoms with Gasteiger partial charge in [0.2, 0.25) is 11.8 Å². The van der Waals surface area contributed by atoms with Crippen molar-refractivity contribution in [1.29, 1.82) is 0 Å². The Morgan fingerprint density at radius 2 is 1.63 bits per heavy atom. The number of nitrogens with zero attached hydrogens (tertiary/aromatic N) is 2. The number of hydrogen-bond donors (Lipinski definition) is 1. The molecular formula is C31H39N3O6S. The number of hydrogen-bond acceptors (Lipinski definition) is 6. The molecule has 41 heavy (non-hydrogen) atoms. The van der Waals surface area contributed by atoms with Gasteiger partial charge in [-0.2, -0.15) is 0 Å². The summed E-state index contributed by atoms with van der Waals surface area (Å²) in [6.07, 6.45) is 0.740. The molecule has 0 radical (unpaired) electrons. The Bertz CT molecular complexity index is 1410. The highest BCUT2D eigenvalue weighted by Gasteiger charge is 2.32. The average molecular weight is 582 g/mol. The normalized spacial score (nSPS) is 11.8. The molecule has 1 atom stereocenters. The number of ether oxygens (including phenoxy) is 2. The Hall–Kier alpha value is -4.05. The molecule has 0 aliphatic rings. The molecule has 3 rings (SSSR count). The molecule has 0 aliphatic carbocycles. The van der Waals surface area contributed by atoms with Crippen LogP contribution in [0.3, 0.4) is 0 Å². The van der Waals surface area contributed by atoms with E-state index in [0.29, 0.717) is 30.3 Å². The summed E-state index contributed by atoms with van der Waals surface area (Å²) < 4.78 is 39.8. The predicted molar refractivity (Wildman–Crippen MR) is 160 cm³/mol. The van der Waals surface area contributed by atoms with Crippen LogP contribution in [0.5, 0.6) is 11.5 Å². The van der Waals surface area contributed by atoms with Crippen LogP contribution in [-0.4, -0.2) is 58.0 Å². The largest absolute Gasteiger partial charge is 0.497 e. The van der Waals surface area contributed by atoms with E-state index in [9.17, 15) is 18.0 Å². The summed E-state index contributed by atoms with van der Waals surface area (Å²) in [7, 11) is -2.61. The van der Waals surface area contributed by atoms with Gasteiger partial charge in [-0.3, -0.25) is 13.9 Å². The molecule has 0 fully saturated rings. The van der Waals surface area contributed by atoms with Gasteiger partial charge in [-0.25, -0.2) is 8.42 Å². The fraction of sp³-hybridized carbons (Fsp3) is 0.355. The fourth-order valence-electron chi connectivity index (χ4n) is 4.19. The molecule has 0 bridgehead atoms. The monoisotopic (exact) mass is 581 g/mol. The number of rotatable bonds is 14. The van der Waals surface area contributed by atoms with Gasteiger partial charge in [0.05, 0.1) is 24.3 Å². The van der Waals surface area contributed by atoms with Crippen LogP contribution in [0.25, 0.3) is 0 Å². The van der Waals surface area contributed by atoms with Gasteiger partial charge in [0, 0.05) is 13.1 Å². The number of aryl methyl sites for hydroxylation is 1. The number of amides is 2. The van der Waals surface area contributed by atoms with Gasteiger partial charge in [-0.15, -0.1) is 0 Å². The summed E-state index contributed by atoms with van der Waals surface area (Å²) in [5, 5.41) is 2.84. The van der Waals surface area contributed by atoms with Gasteiger partial charge in [0.15, 0.2) is 0 Å². The highest BCUT2D eigenvalue weighted by molar-refractivity contribution is 7.92. The molecule has 3 aromatic carbocycles. The van der Waals surface area contributed by atoms with Crippen molar-refractivity contribution in [2.45, 2.75) is 51.6 Å². The average Bonchev–Trinajstić information content (AvgIpc) is 2.98. The van der Waals surface area contributed by atoms with Crippen molar-refractivity contribution in [2.24, 2.45) is 0 Å². The lowest BCUT2D eigenvalue weighted by Crippen LogP contribution is -2.51. The van der Waals surface area contributed by atoms with E-state index in [1.54, 1.807) is 68.6 Å². The molecule has 0 saturated heterocycles. The molecule has 1 unspecified atom stereocenters. The summed E-state index contributed by atoms with van der Waals surface area (Å²) in [6, 6.07) is 19.3. The lowest BCUT2D eigenvalue weighted by Gasteiger charge is -2.32. The Kier molecular flexibility index (Phi) is 11.2. The summed E-state index contributed by atoms with van der Waals surface area (Å²) in [5.41, 5.74) is 2.02. The van der Waals surface area contributed by atoms with Gasteiger partial charge >= 0.3 is 0 Å². The molecule has 0 aromatic heterocycles. The van der Waals surface area contributed by atoms with Crippen molar-refractivity contribution in [3.63, 3.8) is 0 Å². The zero-order valence-corrected chi connectivity index (χ0v) is 25.1. The maximum Gasteiger partial charge on any atom is 0.264 e. The minimum Gasteiger partial charge on any atom is -0.497 e. The van der Waals surface area contributed by atoms with Gasteiger partial charge in [-0.1, -0.05) is 36.8 Å². The second-order valence-electron chi connectivity index (χ2n) is 9.59. The molecule has 0 spiro atoms. The number of carbonyl (C=O) groups excluding carboxylic acids is 2. The number of methoxy groups -OCH3 is 1. The number of nitrogens with one attached hydrogen (secondary N) is 1. The molecular weight excluding hydrogens is 542 g/mol. The summed E-state index contributed by atoms with van der Waals surface area (Å²) >= 11 is 0. The lowest BCUT2D eigenvalue weighted by atomic mass is 10.1. The summed E-state index contributed by atoms with van der Waals surface area (Å²) in [4.78, 5) is 28.4. The molecule has 0 aliphatic heterocycles. The van der Waals surface area contributed by atoms with Crippen molar-refractivity contribution < 1.29 is 27.5 Å². The molecule has 220 valence electrons. The predicted octanol–water partition coefficient (Wildman–Crippen LogP) is 4.54. The highest BCUT2D eigenvalue weighted by atomic mass is 32.2. The first-order chi connectivity index (χ1) is 19.6. The first-order valence-electron chi connectivity index (χ1n) is 13.6. The molecule has 0 heterocycles. The third kappa shape index (κ3) is 8.23. The second kappa shape index (κ2) is 14.5. The highest BCUT2D eigenvalue weighted by Crippen LogP contribution is 2.26. The number of anilines is 1. The van der Waals surface area contributed by atoms with Crippen LogP contribution in [0.4, 0.5) is 5.69 Å². The van der Waals surface area contributed by atoms with E-state index in [-0.39, 0.29) is 17.3 Å². The quantitative estimate of drug-likeness (QED) is 0.300. The smallest absolute Gasteiger partial charge is 0.264 e. The molecule has 1 N–H and O–H groups in total. The van der Waals surface area contributed by atoms with E-state index in [1.165, 1.54) is 17.0 Å². The Morgan fingerprint density at radius 1 is 0.951 bits per heavy atom. The first kappa shape index (κ1) is 31.5. The molecule has 9 nitrogen and oxygen atoms in total. The summed E-state index contributed by atoms with van der Waals surface area (Å²) in [5.74, 6) is 0.305. The summed E-state index contributed by atoms with van der Waals surface area (Å²) in [6.45, 7) is 7.81. The first-order valence-corrected chi connectivity index (χ1v) is 15.1. The number of benzene rings is 3. The fourth-order valence-corrected chi connectivity index (χ4v) is 5.60. The standard InChI is InChI=1S/C31H39N3O6S/c1-6-19-32-31(36)24(4)33(21-25-9-8-10-28(20-25)39-5)30(35)22-34(26-13-11-23(3)12-14-26)41(37,38)29-17-15-27(16-18-29)40-7-2/h8-18,20,24H,6-7,19,21-22H2,1-5H3,(H,32,36). The Balaban J connectivity index is 2.01. The van der Waals surface area contributed by atoms with Crippen LogP contribution in [-0.2, 0) is 26.2 Å². The number of carbonyl (C=O) groups is 2. The van der Waals surface area contributed by atoms with Crippen molar-refractivity contribution in [3.8, 4) is 11.5 Å². The van der Waals surface area contributed by atoms with E-state index < -0.39 is 28.5 Å². The molecule has 10 heteroatoms. The third-order valence-corrected chi connectivity index (χ3v) is 8.32. The van der Waals surface area contributed by atoms with Gasteiger partial charge in [0.1, 0.15) is 24.1 Å². The maximum atomic E-state index is 14.0. The Morgan fingerprint density at radius 3 is 2.24 bits per heavy atom. The Labute approximate surface area is 243 Å². The zero-order valence-electron chi connectivity index (χ0n) is 24.3. The second-order valence-corrected chi connectivity index (χ2v) is 11.5. The van der Waals surface area contributed by atoms with E-state index >= 15 is 0 Å². The lowest BCUT2D eigenvalue weighted by molar-refractivity contribution is -0.139. The molecule has 0 saturated carbocycles. The third-order valence-electron chi connectivity index (χ3n) is 6.53. The van der Waals surface area contributed by atoms with E-state index in [4.69, 9.17) is 9.47 Å². The minimum absolute atomic E-state index is 0.0161. The van der Waals surface area contributed by atoms with Crippen molar-refractivity contribution >= 4 is 27.5 Å². The number of sulfonamides is 1. The van der Waals surface area contributed by atoms with Crippen molar-refractivity contribution in [2.75, 3.05) is 31.1 Å². The topological polar surface area (TPSA) is 105 Å². The SMILES string of the molecule is CCCNC(=O)C(C)N(Cc1cccc(OC)c1)C(=O)CN(c1ccc(C)cc1)S(=O)(=O)c1ccc(OCC)cc1. The van der Waals surface area contributed by atoms with Crippen LogP contribution in [0.1, 0.15) is 38.3 Å². The van der Waals surface area contributed by atoms with Crippen LogP contribution < -0.4 is 19.1 Å². The van der Waals surface area contributed by atoms with Crippen molar-refractivity contribution in [3.05, 3.63) is 83.9 Å². The van der Waals surface area contributed by atoms with Crippen LogP contribution >= 0.6 is 0 Å². The zero-order chi connectivity index (χ0) is 30.0. The van der Waals surface area contributed by atoms with Gasteiger partial charge in [-0.05, 0) is 81.3 Å². The van der Waals surface area contributed by atoms with E-state index in [1.807, 2.05) is 26.8 Å². The van der Waals surface area contributed by atoms with Gasteiger partial charge in [0.25, 0.3) is 10.0 Å². The van der Waals surface area contributed by atoms with Crippen molar-refractivity contribution in [1.82, 2.24) is 10.2 Å². The van der Waals surface area contributed by atoms with E-state index in [0.717, 1.165) is 21.9 Å². The van der Waals surface area contributed by atoms with Crippen LogP contribution in [0.2, 0.25) is 0 Å². The molecule has 2 amide bonds. The van der Waals surface area contributed by atoms with Gasteiger partial charge < -0.3 is 19.7 Å². The van der Waals surface area contributed by atoms with Crippen LogP contribution in [0, 0.1) is 6.92 Å².